The molecule has 0 aromatic heterocycles. The molecular weight excluding hydrogens is 271 g/mol. The van der Waals surface area contributed by atoms with Crippen molar-refractivity contribution in [2.45, 2.75) is 38.8 Å². The molecule has 21 heavy (non-hydrogen) atoms. The van der Waals surface area contributed by atoms with E-state index in [0.717, 1.165) is 19.4 Å². The molecule has 2 rings (SSSR count). The number of benzene rings is 1. The standard InChI is InChI=1S/C16H23FN2O2/c1-11(18)13-5-4-8-19(10-13)16(20)12(2)21-15-7-3-6-14(17)9-15/h3,6-7,9,11-13H,4-5,8,10,18H2,1-2H3/t11-,12+,13-/m1/s1. The van der Waals surface area contributed by atoms with E-state index in [-0.39, 0.29) is 17.8 Å². The van der Waals surface area contributed by atoms with Crippen LogP contribution in [0.3, 0.4) is 0 Å². The van der Waals surface area contributed by atoms with E-state index in [0.29, 0.717) is 18.2 Å². The molecule has 0 aliphatic carbocycles. The first-order valence-electron chi connectivity index (χ1n) is 7.44. The maximum atomic E-state index is 13.1. The Morgan fingerprint density at radius 2 is 2.24 bits per heavy atom. The predicted octanol–water partition coefficient (Wildman–Crippen LogP) is 2.18. The summed E-state index contributed by atoms with van der Waals surface area (Å²) in [5, 5.41) is 0. The maximum Gasteiger partial charge on any atom is 0.263 e. The lowest BCUT2D eigenvalue weighted by molar-refractivity contribution is -0.139. The molecule has 4 nitrogen and oxygen atoms in total. The van der Waals surface area contributed by atoms with E-state index in [2.05, 4.69) is 0 Å². The first-order valence-corrected chi connectivity index (χ1v) is 7.44. The number of piperidine rings is 1. The van der Waals surface area contributed by atoms with Crippen molar-refractivity contribution in [1.82, 2.24) is 4.90 Å². The highest BCUT2D eigenvalue weighted by Crippen LogP contribution is 2.21. The number of carbonyl (C=O) groups is 1. The molecule has 5 heteroatoms. The molecule has 3 atom stereocenters. The van der Waals surface area contributed by atoms with Gasteiger partial charge in [0.25, 0.3) is 5.91 Å². The van der Waals surface area contributed by atoms with Gasteiger partial charge in [0.15, 0.2) is 6.10 Å². The van der Waals surface area contributed by atoms with Crippen LogP contribution in [-0.2, 0) is 4.79 Å². The average molecular weight is 294 g/mol. The molecule has 1 aromatic carbocycles. The number of nitrogens with two attached hydrogens (primary N) is 1. The Labute approximate surface area is 125 Å². The minimum absolute atomic E-state index is 0.0652. The molecule has 0 unspecified atom stereocenters. The van der Waals surface area contributed by atoms with Crippen molar-refractivity contribution in [3.05, 3.63) is 30.1 Å². The van der Waals surface area contributed by atoms with Gasteiger partial charge in [-0.3, -0.25) is 4.79 Å². The first-order chi connectivity index (χ1) is 9.97. The second-order valence-corrected chi connectivity index (χ2v) is 5.76. The van der Waals surface area contributed by atoms with Gasteiger partial charge in [0.2, 0.25) is 0 Å². The van der Waals surface area contributed by atoms with Crippen LogP contribution in [0.5, 0.6) is 5.75 Å². The summed E-state index contributed by atoms with van der Waals surface area (Å²) in [5.74, 6) is 0.271. The summed E-state index contributed by atoms with van der Waals surface area (Å²) < 4.78 is 18.7. The summed E-state index contributed by atoms with van der Waals surface area (Å²) in [6.45, 7) is 5.08. The van der Waals surface area contributed by atoms with Gasteiger partial charge in [-0.05, 0) is 44.7 Å². The van der Waals surface area contributed by atoms with Gasteiger partial charge >= 0.3 is 0 Å². The van der Waals surface area contributed by atoms with Crippen molar-refractivity contribution in [2.24, 2.45) is 11.7 Å². The molecule has 1 heterocycles. The predicted molar refractivity (Wildman–Crippen MR) is 79.4 cm³/mol. The second-order valence-electron chi connectivity index (χ2n) is 5.76. The molecule has 1 aliphatic heterocycles. The van der Waals surface area contributed by atoms with E-state index < -0.39 is 6.10 Å². The molecule has 0 spiro atoms. The van der Waals surface area contributed by atoms with Crippen LogP contribution in [-0.4, -0.2) is 36.0 Å². The maximum absolute atomic E-state index is 13.1. The molecule has 116 valence electrons. The van der Waals surface area contributed by atoms with Crippen LogP contribution in [0.4, 0.5) is 4.39 Å². The van der Waals surface area contributed by atoms with Gasteiger partial charge in [-0.1, -0.05) is 6.07 Å². The number of ether oxygens (including phenoxy) is 1. The molecule has 1 aromatic rings. The third kappa shape index (κ3) is 4.17. The smallest absolute Gasteiger partial charge is 0.263 e. The Morgan fingerprint density at radius 3 is 2.90 bits per heavy atom. The zero-order valence-corrected chi connectivity index (χ0v) is 12.6. The fourth-order valence-electron chi connectivity index (χ4n) is 2.69. The lowest BCUT2D eigenvalue weighted by Crippen LogP contribution is -2.48. The number of hydrogen-bond acceptors (Lipinski definition) is 3. The van der Waals surface area contributed by atoms with Gasteiger partial charge in [0.05, 0.1) is 0 Å². The SMILES string of the molecule is C[C@H](Oc1cccc(F)c1)C(=O)N1CCC[C@@H]([C@@H](C)N)C1. The van der Waals surface area contributed by atoms with Gasteiger partial charge < -0.3 is 15.4 Å². The van der Waals surface area contributed by atoms with Crippen LogP contribution in [0.1, 0.15) is 26.7 Å². The number of likely N-dealkylation sites (tertiary alicyclic amines) is 1. The normalized spacial score (nSPS) is 21.7. The number of nitrogens with zero attached hydrogens (tertiary/aromatic N) is 1. The molecule has 0 bridgehead atoms. The summed E-state index contributed by atoms with van der Waals surface area (Å²) in [6, 6.07) is 5.92. The fraction of sp³-hybridized carbons (Fsp3) is 0.562. The summed E-state index contributed by atoms with van der Waals surface area (Å²) in [4.78, 5) is 14.2. The summed E-state index contributed by atoms with van der Waals surface area (Å²) in [7, 11) is 0. The number of halogens is 1. The van der Waals surface area contributed by atoms with Gasteiger partial charge in [0, 0.05) is 25.2 Å². The van der Waals surface area contributed by atoms with E-state index in [1.54, 1.807) is 19.1 Å². The number of rotatable bonds is 4. The van der Waals surface area contributed by atoms with Crippen molar-refractivity contribution in [1.29, 1.82) is 0 Å². The topological polar surface area (TPSA) is 55.6 Å². The third-order valence-corrected chi connectivity index (χ3v) is 3.97. The van der Waals surface area contributed by atoms with Crippen LogP contribution >= 0.6 is 0 Å². The first kappa shape index (κ1) is 15.8. The number of amides is 1. The largest absolute Gasteiger partial charge is 0.481 e. The van der Waals surface area contributed by atoms with E-state index in [9.17, 15) is 9.18 Å². The van der Waals surface area contributed by atoms with Gasteiger partial charge in [-0.15, -0.1) is 0 Å². The summed E-state index contributed by atoms with van der Waals surface area (Å²) in [5.41, 5.74) is 5.93. The van der Waals surface area contributed by atoms with Gasteiger partial charge in [0.1, 0.15) is 11.6 Å². The Balaban J connectivity index is 1.95. The monoisotopic (exact) mass is 294 g/mol. The molecule has 2 N–H and O–H groups in total. The highest BCUT2D eigenvalue weighted by molar-refractivity contribution is 5.81. The zero-order valence-electron chi connectivity index (χ0n) is 12.6. The van der Waals surface area contributed by atoms with Crippen LogP contribution in [0, 0.1) is 11.7 Å². The highest BCUT2D eigenvalue weighted by atomic mass is 19.1. The fourth-order valence-corrected chi connectivity index (χ4v) is 2.69. The minimum atomic E-state index is -0.626. The van der Waals surface area contributed by atoms with Crippen molar-refractivity contribution in [3.63, 3.8) is 0 Å². The molecule has 1 aliphatic rings. The highest BCUT2D eigenvalue weighted by Gasteiger charge is 2.29. The molecule has 1 saturated heterocycles. The van der Waals surface area contributed by atoms with Crippen LogP contribution < -0.4 is 10.5 Å². The summed E-state index contributed by atoms with van der Waals surface area (Å²) >= 11 is 0. The Hall–Kier alpha value is -1.62. The number of hydrogen-bond donors (Lipinski definition) is 1. The van der Waals surface area contributed by atoms with E-state index >= 15 is 0 Å². The summed E-state index contributed by atoms with van der Waals surface area (Å²) in [6.07, 6.45) is 1.39. The van der Waals surface area contributed by atoms with Crippen molar-refractivity contribution in [2.75, 3.05) is 13.1 Å². The molecular formula is C16H23FN2O2. The second kappa shape index (κ2) is 6.89. The van der Waals surface area contributed by atoms with Crippen LogP contribution in [0.25, 0.3) is 0 Å². The Bertz CT molecular complexity index is 493. The van der Waals surface area contributed by atoms with Crippen molar-refractivity contribution in [3.8, 4) is 5.75 Å². The van der Waals surface area contributed by atoms with Gasteiger partial charge in [-0.2, -0.15) is 0 Å². The Kier molecular flexibility index (Phi) is 5.17. The quantitative estimate of drug-likeness (QED) is 0.926. The van der Waals surface area contributed by atoms with Crippen LogP contribution in [0.15, 0.2) is 24.3 Å². The van der Waals surface area contributed by atoms with Gasteiger partial charge in [-0.25, -0.2) is 4.39 Å². The lowest BCUT2D eigenvalue weighted by atomic mass is 9.92. The average Bonchev–Trinajstić information content (AvgIpc) is 2.46. The van der Waals surface area contributed by atoms with E-state index in [1.807, 2.05) is 11.8 Å². The van der Waals surface area contributed by atoms with Crippen molar-refractivity contribution < 1.29 is 13.9 Å². The lowest BCUT2D eigenvalue weighted by Gasteiger charge is -2.35. The van der Waals surface area contributed by atoms with E-state index in [1.165, 1.54) is 12.1 Å². The minimum Gasteiger partial charge on any atom is -0.481 e. The zero-order chi connectivity index (χ0) is 15.4. The third-order valence-electron chi connectivity index (χ3n) is 3.97. The van der Waals surface area contributed by atoms with Crippen LogP contribution in [0.2, 0.25) is 0 Å². The molecule has 1 amide bonds. The number of carbonyl (C=O) groups excluding carboxylic acids is 1. The molecule has 1 fully saturated rings. The Morgan fingerprint density at radius 1 is 1.48 bits per heavy atom. The van der Waals surface area contributed by atoms with E-state index in [4.69, 9.17) is 10.5 Å². The van der Waals surface area contributed by atoms with Crippen molar-refractivity contribution >= 4 is 5.91 Å². The molecule has 0 radical (unpaired) electrons. The molecule has 0 saturated carbocycles.